The van der Waals surface area contributed by atoms with Gasteiger partial charge in [-0.25, -0.2) is 9.97 Å². The van der Waals surface area contributed by atoms with E-state index >= 15 is 0 Å². The van der Waals surface area contributed by atoms with E-state index in [0.29, 0.717) is 36.0 Å². The number of benzene rings is 3. The number of carbonyl (C=O) groups is 2. The summed E-state index contributed by atoms with van der Waals surface area (Å²) in [5.74, 6) is -0.177. The third-order valence-electron chi connectivity index (χ3n) is 8.93. The molecule has 1 aliphatic heterocycles. The molecule has 0 aliphatic carbocycles. The maximum atomic E-state index is 14.0. The molecule has 0 radical (unpaired) electrons. The zero-order valence-corrected chi connectivity index (χ0v) is 27.6. The lowest BCUT2D eigenvalue weighted by Gasteiger charge is -2.32. The Morgan fingerprint density at radius 3 is 2.15 bits per heavy atom. The third-order valence-corrected chi connectivity index (χ3v) is 8.93. The Kier molecular flexibility index (Phi) is 10.5. The van der Waals surface area contributed by atoms with E-state index in [-0.39, 0.29) is 17.9 Å². The standard InChI is InChI=1S/C39H46N4O3/c1-28-10-12-32(13-11-28)26-43(27-36(44)45)37(46)34-25-40-38(42-22-20-31(21-23-42)24-30-8-6-5-7-9-30)41-35(34)19-16-29-14-17-33(18-15-29)39(2,3)4/h5-15,17-18,25,31H,16,19-24,26-27H2,1-4H3,(H,44,45). The van der Waals surface area contributed by atoms with Crippen LogP contribution in [0.15, 0.2) is 85.1 Å². The van der Waals surface area contributed by atoms with Gasteiger partial charge in [-0.2, -0.15) is 0 Å². The van der Waals surface area contributed by atoms with Crippen molar-refractivity contribution >= 4 is 17.8 Å². The number of carboxylic acids is 1. The molecule has 1 N–H and O–H groups in total. The molecule has 240 valence electrons. The second kappa shape index (κ2) is 14.7. The van der Waals surface area contributed by atoms with Gasteiger partial charge < -0.3 is 14.9 Å². The number of anilines is 1. The summed E-state index contributed by atoms with van der Waals surface area (Å²) < 4.78 is 0. The van der Waals surface area contributed by atoms with Gasteiger partial charge in [0.15, 0.2) is 0 Å². The second-order valence-electron chi connectivity index (χ2n) is 13.6. The number of piperidine rings is 1. The van der Waals surface area contributed by atoms with E-state index in [9.17, 15) is 14.7 Å². The highest BCUT2D eigenvalue weighted by atomic mass is 16.4. The zero-order valence-electron chi connectivity index (χ0n) is 27.6. The Morgan fingerprint density at radius 2 is 1.52 bits per heavy atom. The van der Waals surface area contributed by atoms with Gasteiger partial charge in [-0.15, -0.1) is 0 Å². The van der Waals surface area contributed by atoms with E-state index < -0.39 is 12.5 Å². The SMILES string of the molecule is Cc1ccc(CN(CC(=O)O)C(=O)c2cnc(N3CCC(Cc4ccccc4)CC3)nc2CCc2ccc(C(C)(C)C)cc2)cc1. The predicted molar refractivity (Wildman–Crippen MR) is 183 cm³/mol. The van der Waals surface area contributed by atoms with Crippen LogP contribution in [0.4, 0.5) is 5.95 Å². The van der Waals surface area contributed by atoms with Crippen LogP contribution >= 0.6 is 0 Å². The summed E-state index contributed by atoms with van der Waals surface area (Å²) in [5, 5.41) is 9.70. The molecule has 1 aliphatic rings. The van der Waals surface area contributed by atoms with Crippen LogP contribution in [0, 0.1) is 12.8 Å². The number of carbonyl (C=O) groups excluding carboxylic acids is 1. The largest absolute Gasteiger partial charge is 0.480 e. The Hall–Kier alpha value is -4.52. The summed E-state index contributed by atoms with van der Waals surface area (Å²) in [6.45, 7) is 10.1. The molecule has 0 saturated carbocycles. The van der Waals surface area contributed by atoms with Crippen molar-refractivity contribution in [2.24, 2.45) is 5.92 Å². The Balaban J connectivity index is 1.38. The number of hydrogen-bond donors (Lipinski definition) is 1. The van der Waals surface area contributed by atoms with Gasteiger partial charge in [0.05, 0.1) is 11.3 Å². The number of aromatic nitrogens is 2. The van der Waals surface area contributed by atoms with Crippen molar-refractivity contribution in [2.75, 3.05) is 24.5 Å². The van der Waals surface area contributed by atoms with Crippen molar-refractivity contribution in [3.05, 3.63) is 124 Å². The minimum Gasteiger partial charge on any atom is -0.480 e. The first kappa shape index (κ1) is 32.9. The monoisotopic (exact) mass is 618 g/mol. The lowest BCUT2D eigenvalue weighted by Crippen LogP contribution is -2.37. The average molecular weight is 619 g/mol. The van der Waals surface area contributed by atoms with Crippen molar-refractivity contribution < 1.29 is 14.7 Å². The molecule has 7 nitrogen and oxygen atoms in total. The summed E-state index contributed by atoms with van der Waals surface area (Å²) in [5.41, 5.74) is 6.86. The van der Waals surface area contributed by atoms with E-state index in [2.05, 4.69) is 85.3 Å². The third kappa shape index (κ3) is 8.81. The van der Waals surface area contributed by atoms with Gasteiger partial charge in [0.2, 0.25) is 5.95 Å². The molecule has 1 aromatic heterocycles. The molecule has 5 rings (SSSR count). The highest BCUT2D eigenvalue weighted by Crippen LogP contribution is 2.26. The summed E-state index contributed by atoms with van der Waals surface area (Å²) in [6.07, 6.45) is 6.04. The molecule has 4 aromatic rings. The number of aliphatic carboxylic acids is 1. The van der Waals surface area contributed by atoms with Crippen LogP contribution in [0.2, 0.25) is 0 Å². The van der Waals surface area contributed by atoms with Gasteiger partial charge in [-0.1, -0.05) is 105 Å². The molecule has 0 spiro atoms. The van der Waals surface area contributed by atoms with E-state index in [0.717, 1.165) is 49.0 Å². The molecule has 7 heteroatoms. The van der Waals surface area contributed by atoms with Crippen LogP contribution < -0.4 is 4.90 Å². The molecule has 1 fully saturated rings. The molecule has 0 atom stereocenters. The Bertz CT molecular complexity index is 1600. The minimum atomic E-state index is -1.06. The van der Waals surface area contributed by atoms with Crippen LogP contribution in [0.3, 0.4) is 0 Å². The average Bonchev–Trinajstić information content (AvgIpc) is 3.04. The van der Waals surface area contributed by atoms with Crippen LogP contribution in [0.1, 0.15) is 77.5 Å². The first-order valence-corrected chi connectivity index (χ1v) is 16.4. The topological polar surface area (TPSA) is 86.6 Å². The van der Waals surface area contributed by atoms with Crippen molar-refractivity contribution in [1.29, 1.82) is 0 Å². The normalized spacial score (nSPS) is 13.9. The first-order chi connectivity index (χ1) is 22.0. The maximum absolute atomic E-state index is 14.0. The lowest BCUT2D eigenvalue weighted by atomic mass is 9.86. The quantitative estimate of drug-likeness (QED) is 0.194. The van der Waals surface area contributed by atoms with Crippen LogP contribution in [0.25, 0.3) is 0 Å². The van der Waals surface area contributed by atoms with Crippen molar-refractivity contribution in [3.8, 4) is 0 Å². The van der Waals surface area contributed by atoms with Crippen molar-refractivity contribution in [2.45, 2.75) is 71.8 Å². The fourth-order valence-electron chi connectivity index (χ4n) is 6.09. The minimum absolute atomic E-state index is 0.0687. The molecular weight excluding hydrogens is 572 g/mol. The van der Waals surface area contributed by atoms with E-state index in [1.54, 1.807) is 6.20 Å². The van der Waals surface area contributed by atoms with Gasteiger partial charge in [0, 0.05) is 25.8 Å². The van der Waals surface area contributed by atoms with Gasteiger partial charge >= 0.3 is 5.97 Å². The highest BCUT2D eigenvalue weighted by Gasteiger charge is 2.26. The van der Waals surface area contributed by atoms with E-state index in [1.807, 2.05) is 31.2 Å². The number of amides is 1. The predicted octanol–water partition coefficient (Wildman–Crippen LogP) is 7.05. The summed E-state index contributed by atoms with van der Waals surface area (Å²) in [6, 6.07) is 27.1. The van der Waals surface area contributed by atoms with Crippen molar-refractivity contribution in [1.82, 2.24) is 14.9 Å². The number of rotatable bonds is 11. The molecule has 46 heavy (non-hydrogen) atoms. The molecular formula is C39H46N4O3. The van der Waals surface area contributed by atoms with E-state index in [1.165, 1.54) is 16.0 Å². The molecule has 2 heterocycles. The second-order valence-corrected chi connectivity index (χ2v) is 13.6. The van der Waals surface area contributed by atoms with Crippen LogP contribution in [0.5, 0.6) is 0 Å². The Labute approximate surface area is 273 Å². The smallest absolute Gasteiger partial charge is 0.323 e. The number of carboxylic acid groups (broad SMARTS) is 1. The summed E-state index contributed by atoms with van der Waals surface area (Å²) in [4.78, 5) is 39.1. The zero-order chi connectivity index (χ0) is 32.7. The number of nitrogens with zero attached hydrogens (tertiary/aromatic N) is 4. The van der Waals surface area contributed by atoms with Crippen molar-refractivity contribution in [3.63, 3.8) is 0 Å². The van der Waals surface area contributed by atoms with Crippen LogP contribution in [-0.2, 0) is 36.0 Å². The fourth-order valence-corrected chi connectivity index (χ4v) is 6.09. The highest BCUT2D eigenvalue weighted by molar-refractivity contribution is 5.96. The van der Waals surface area contributed by atoms with Gasteiger partial charge in [0.25, 0.3) is 5.91 Å². The number of aryl methyl sites for hydroxylation is 3. The Morgan fingerprint density at radius 1 is 0.870 bits per heavy atom. The first-order valence-electron chi connectivity index (χ1n) is 16.4. The van der Waals surface area contributed by atoms with Gasteiger partial charge in [-0.05, 0) is 72.6 Å². The van der Waals surface area contributed by atoms with Gasteiger partial charge in [0.1, 0.15) is 6.54 Å². The lowest BCUT2D eigenvalue weighted by molar-refractivity contribution is -0.137. The maximum Gasteiger partial charge on any atom is 0.323 e. The van der Waals surface area contributed by atoms with Gasteiger partial charge in [-0.3, -0.25) is 9.59 Å². The molecule has 0 bridgehead atoms. The molecule has 1 saturated heterocycles. The fraction of sp³-hybridized carbons (Fsp3) is 0.385. The molecule has 0 unspecified atom stereocenters. The summed E-state index contributed by atoms with van der Waals surface area (Å²) in [7, 11) is 0. The summed E-state index contributed by atoms with van der Waals surface area (Å²) >= 11 is 0. The van der Waals surface area contributed by atoms with Crippen LogP contribution in [-0.4, -0.2) is 51.5 Å². The number of hydrogen-bond acceptors (Lipinski definition) is 5. The molecule has 3 aromatic carbocycles. The van der Waals surface area contributed by atoms with E-state index in [4.69, 9.17) is 4.98 Å². The molecule has 1 amide bonds.